The molecule has 0 aliphatic carbocycles. The second-order valence-corrected chi connectivity index (χ2v) is 39.9. The fraction of sp³-hybridized carbons (Fsp3) is 0.860. The predicted molar refractivity (Wildman–Crippen MR) is 546 cm³/mol. The summed E-state index contributed by atoms with van der Waals surface area (Å²) in [4.78, 5) is 117. The standard InChI is InChI=1S/C107H200N4O21P2/c1-9-17-25-33-39-45-51-59-67-75-99(131-105(116)79-71-63-55-49-43-37-29-21-13-5)89-101(112)110-95(91-123-85-81-97(73-65-57-31-23-15-7)129-103(114)77-69-61-53-47-41-35-27-19-11-3)93-127-133(119,120)125-87-83-108-107(118)109-84-88-126-134(121,122)128-94-96(92-124-86-82-98(74-66-58-32-24-16-8)130-104(115)78-70-62-54-48-42-36-28-20-12-4)111-102(113)90-100(76-68-60-52-46-40-34-26-18-10-2)132-106(117)80-72-64-56-50-44-38-30-22-14-6/h47-50,53-56,95-100H,9-46,51-52,57-94H2,1-8H3,(H,110,112)(H,111,113)(H,119,120)(H,121,122)(H2,108,109,118)/t95?,96?,97-,98-,99-,100-/m1/s1. The molecule has 0 rings (SSSR count). The van der Waals surface area contributed by atoms with Crippen molar-refractivity contribution in [3.05, 3.63) is 48.6 Å². The monoisotopic (exact) mass is 1940 g/mol. The summed E-state index contributed by atoms with van der Waals surface area (Å²) in [5, 5.41) is 10.8. The van der Waals surface area contributed by atoms with Gasteiger partial charge in [0.25, 0.3) is 0 Å². The highest BCUT2D eigenvalue weighted by molar-refractivity contribution is 7.47. The zero-order chi connectivity index (χ0) is 98.2. The van der Waals surface area contributed by atoms with Gasteiger partial charge in [0.15, 0.2) is 0 Å². The lowest BCUT2D eigenvalue weighted by atomic mass is 10.0. The van der Waals surface area contributed by atoms with Crippen LogP contribution in [0, 0.1) is 0 Å². The molecule has 0 aromatic carbocycles. The van der Waals surface area contributed by atoms with Crippen LogP contribution in [-0.2, 0) is 84.4 Å². The van der Waals surface area contributed by atoms with Crippen LogP contribution in [0.15, 0.2) is 48.6 Å². The lowest BCUT2D eigenvalue weighted by Crippen LogP contribution is -2.43. The molecule has 0 fully saturated rings. The first-order valence-corrected chi connectivity index (χ1v) is 57.5. The molecule has 0 aromatic heterocycles. The molecular formula is C107H200N4O21P2. The molecule has 6 N–H and O–H groups in total. The van der Waals surface area contributed by atoms with E-state index in [0.29, 0.717) is 77.0 Å². The highest BCUT2D eigenvalue weighted by Crippen LogP contribution is 2.44. The number of amides is 4. The zero-order valence-corrected chi connectivity index (χ0v) is 88.1. The number of unbranched alkanes of at least 4 members (excludes halogenated alkanes) is 44. The van der Waals surface area contributed by atoms with Crippen molar-refractivity contribution in [3.63, 3.8) is 0 Å². The quantitative estimate of drug-likeness (QED) is 0.0108. The molecule has 27 heteroatoms. The van der Waals surface area contributed by atoms with Gasteiger partial charge >= 0.3 is 45.6 Å². The number of phosphoric ester groups is 2. The highest BCUT2D eigenvalue weighted by atomic mass is 31.2. The maximum absolute atomic E-state index is 14.2. The summed E-state index contributed by atoms with van der Waals surface area (Å²) < 4.78 is 85.3. The summed E-state index contributed by atoms with van der Waals surface area (Å²) in [6.45, 7) is 14.8. The van der Waals surface area contributed by atoms with Crippen LogP contribution >= 0.6 is 15.6 Å². The fourth-order valence-corrected chi connectivity index (χ4v) is 17.2. The van der Waals surface area contributed by atoms with E-state index in [1.807, 2.05) is 0 Å². The maximum Gasteiger partial charge on any atom is 0.472 e. The van der Waals surface area contributed by atoms with E-state index in [1.165, 1.54) is 128 Å². The molecule has 0 bridgehead atoms. The molecule has 0 radical (unpaired) electrons. The minimum absolute atomic E-state index is 0.133. The normalized spacial score (nSPS) is 14.1. The van der Waals surface area contributed by atoms with Crippen molar-refractivity contribution in [1.29, 1.82) is 0 Å². The summed E-state index contributed by atoms with van der Waals surface area (Å²) in [7, 11) is -9.75. The Morgan fingerprint density at radius 3 is 0.746 bits per heavy atom. The second-order valence-electron chi connectivity index (χ2n) is 37.0. The molecule has 784 valence electrons. The van der Waals surface area contributed by atoms with Crippen molar-refractivity contribution in [2.75, 3.05) is 65.9 Å². The second kappa shape index (κ2) is 97.0. The number of phosphoric acid groups is 2. The third-order valence-electron chi connectivity index (χ3n) is 23.8. The van der Waals surface area contributed by atoms with Crippen LogP contribution in [0.1, 0.15) is 492 Å². The molecule has 134 heavy (non-hydrogen) atoms. The van der Waals surface area contributed by atoms with E-state index in [0.717, 1.165) is 205 Å². The number of hydrogen-bond acceptors (Lipinski definition) is 19. The number of rotatable bonds is 102. The number of carbonyl (C=O) groups excluding carboxylic acids is 7. The lowest BCUT2D eigenvalue weighted by Gasteiger charge is -2.23. The molecule has 0 aliphatic heterocycles. The first-order valence-electron chi connectivity index (χ1n) is 54.6. The van der Waals surface area contributed by atoms with E-state index in [2.05, 4.69) is 125 Å². The maximum atomic E-state index is 14.2. The Labute approximate surface area is 816 Å². The summed E-state index contributed by atoms with van der Waals surface area (Å²) in [5.41, 5.74) is 0. The molecule has 0 aromatic rings. The first kappa shape index (κ1) is 129. The van der Waals surface area contributed by atoms with Gasteiger partial charge in [-0.25, -0.2) is 13.9 Å². The summed E-state index contributed by atoms with van der Waals surface area (Å²) >= 11 is 0. The van der Waals surface area contributed by atoms with Crippen LogP contribution in [0.4, 0.5) is 4.79 Å². The van der Waals surface area contributed by atoms with Crippen LogP contribution in [0.2, 0.25) is 0 Å². The molecule has 0 saturated heterocycles. The van der Waals surface area contributed by atoms with Crippen molar-refractivity contribution in [2.45, 2.75) is 529 Å². The molecule has 0 saturated carbocycles. The molecule has 4 unspecified atom stereocenters. The Bertz CT molecular complexity index is 2790. The van der Waals surface area contributed by atoms with E-state index < -0.39 is 96.4 Å². The third kappa shape index (κ3) is 91.0. The van der Waals surface area contributed by atoms with E-state index in [-0.39, 0.29) is 89.1 Å². The van der Waals surface area contributed by atoms with E-state index in [9.17, 15) is 52.5 Å². The third-order valence-corrected chi connectivity index (χ3v) is 25.8. The molecule has 0 heterocycles. The molecule has 4 amide bonds. The van der Waals surface area contributed by atoms with Gasteiger partial charge in [-0.05, 0) is 154 Å². The minimum Gasteiger partial charge on any atom is -0.462 e. The average molecular weight is 1940 g/mol. The van der Waals surface area contributed by atoms with Gasteiger partial charge in [0.05, 0.1) is 77.8 Å². The van der Waals surface area contributed by atoms with Crippen LogP contribution in [0.3, 0.4) is 0 Å². The number of urea groups is 1. The summed E-state index contributed by atoms with van der Waals surface area (Å²) in [6.07, 6.45) is 77.3. The molecule has 0 aliphatic rings. The Balaban J connectivity index is 6.56. The molecule has 0 spiro atoms. The Hall–Kier alpha value is -4.81. The Morgan fingerprint density at radius 1 is 0.261 bits per heavy atom. The van der Waals surface area contributed by atoms with Gasteiger partial charge < -0.3 is 59.5 Å². The Morgan fingerprint density at radius 2 is 0.485 bits per heavy atom. The van der Waals surface area contributed by atoms with Crippen LogP contribution in [0.25, 0.3) is 0 Å². The SMILES string of the molecule is CCCCCCC=CCCCC(=O)O[C@H](CCCCCCC)CCOCC(COP(=O)(O)OCCNC(=O)NCCOP(=O)(O)OCC(COCC[C@@H](CCCCCCC)OC(=O)CCCC=CCCCCCC)NC(=O)C[C@@H](CCCCCCCCCCC)OC(=O)CCCC=CCCCCCC)NC(=O)C[C@@H](CCCCCCCCCCC)OC(=O)CCCC=CCCCCCC. The number of esters is 4. The zero-order valence-electron chi connectivity index (χ0n) is 86.3. The van der Waals surface area contributed by atoms with Gasteiger partial charge in [-0.2, -0.15) is 0 Å². The summed E-state index contributed by atoms with van der Waals surface area (Å²) in [5.74, 6) is -2.26. The molecule has 8 atom stereocenters. The van der Waals surface area contributed by atoms with Crippen molar-refractivity contribution in [3.8, 4) is 0 Å². The van der Waals surface area contributed by atoms with Gasteiger partial charge in [0.2, 0.25) is 11.8 Å². The van der Waals surface area contributed by atoms with Crippen LogP contribution in [-0.4, -0.2) is 154 Å². The smallest absolute Gasteiger partial charge is 0.462 e. The number of carbonyl (C=O) groups is 7. The molecule has 25 nitrogen and oxygen atoms in total. The topological polar surface area (TPSA) is 335 Å². The fourth-order valence-electron chi connectivity index (χ4n) is 15.7. The van der Waals surface area contributed by atoms with Crippen molar-refractivity contribution < 1.29 is 99.0 Å². The minimum atomic E-state index is -4.88. The van der Waals surface area contributed by atoms with Gasteiger partial charge in [0.1, 0.15) is 24.4 Å². The first-order chi connectivity index (χ1) is 65.2. The van der Waals surface area contributed by atoms with Crippen molar-refractivity contribution in [1.82, 2.24) is 21.3 Å². The number of nitrogens with one attached hydrogen (secondary N) is 4. The predicted octanol–water partition coefficient (Wildman–Crippen LogP) is 28.1. The Kier molecular flexibility index (Phi) is 93.6. The van der Waals surface area contributed by atoms with E-state index in [4.69, 9.17) is 46.5 Å². The number of allylic oxidation sites excluding steroid dienone is 8. The van der Waals surface area contributed by atoms with E-state index in [1.54, 1.807) is 0 Å². The highest BCUT2D eigenvalue weighted by Gasteiger charge is 2.30. The number of ether oxygens (including phenoxy) is 6. The summed E-state index contributed by atoms with van der Waals surface area (Å²) in [6, 6.07) is -2.78. The van der Waals surface area contributed by atoms with E-state index >= 15 is 0 Å². The molecular weight excluding hydrogens is 1740 g/mol. The van der Waals surface area contributed by atoms with Crippen LogP contribution < -0.4 is 21.3 Å². The average Bonchev–Trinajstić information content (AvgIpc) is 0.900. The van der Waals surface area contributed by atoms with Crippen molar-refractivity contribution >= 4 is 57.4 Å². The van der Waals surface area contributed by atoms with Crippen molar-refractivity contribution in [2.24, 2.45) is 0 Å². The largest absolute Gasteiger partial charge is 0.472 e. The van der Waals surface area contributed by atoms with Gasteiger partial charge in [-0.1, -0.05) is 335 Å². The van der Waals surface area contributed by atoms with Crippen LogP contribution in [0.5, 0.6) is 0 Å². The lowest BCUT2D eigenvalue weighted by molar-refractivity contribution is -0.152. The van der Waals surface area contributed by atoms with Gasteiger partial charge in [0, 0.05) is 51.6 Å². The number of hydrogen-bond donors (Lipinski definition) is 6. The van der Waals surface area contributed by atoms with Gasteiger partial charge in [-0.15, -0.1) is 0 Å². The van der Waals surface area contributed by atoms with Gasteiger partial charge in [-0.3, -0.25) is 46.9 Å².